The van der Waals surface area contributed by atoms with E-state index in [1.54, 1.807) is 0 Å². The number of nitrogens with zero attached hydrogens (tertiary/aromatic N) is 2. The molecule has 0 aliphatic heterocycles. The van der Waals surface area contributed by atoms with Gasteiger partial charge in [0.1, 0.15) is 11.5 Å². The number of anilines is 1. The van der Waals surface area contributed by atoms with E-state index in [9.17, 15) is 26.7 Å². The fourth-order valence-corrected chi connectivity index (χ4v) is 1.82. The molecule has 0 aliphatic carbocycles. The molecule has 0 atom stereocenters. The fraction of sp³-hybridized carbons (Fsp3) is 0.167. The highest BCUT2D eigenvalue weighted by Crippen LogP contribution is 2.32. The van der Waals surface area contributed by atoms with Crippen molar-refractivity contribution in [1.82, 2.24) is 9.78 Å². The summed E-state index contributed by atoms with van der Waals surface area (Å²) >= 11 is 0. The van der Waals surface area contributed by atoms with Crippen molar-refractivity contribution < 1.29 is 26.7 Å². The molecule has 0 spiro atoms. The Morgan fingerprint density at radius 3 is 2.18 bits per heavy atom. The quantitative estimate of drug-likeness (QED) is 0.845. The average molecular weight is 320 g/mol. The maximum atomic E-state index is 13.8. The minimum Gasteiger partial charge on any atom is -0.384 e. The van der Waals surface area contributed by atoms with Gasteiger partial charge in [0.05, 0.1) is 17.7 Å². The Morgan fingerprint density at radius 1 is 1.18 bits per heavy atom. The highest BCUT2D eigenvalue weighted by molar-refractivity contribution is 5.76. The molecule has 0 saturated heterocycles. The molecular weight excluding hydrogens is 311 g/mol. The van der Waals surface area contributed by atoms with E-state index in [1.165, 1.54) is 0 Å². The van der Waals surface area contributed by atoms with Gasteiger partial charge in [-0.2, -0.15) is 18.3 Å². The molecular formula is C12H9F5N4O. The van der Waals surface area contributed by atoms with E-state index in [1.807, 2.05) is 0 Å². The molecule has 0 unspecified atom stereocenters. The second-order valence-corrected chi connectivity index (χ2v) is 4.40. The predicted molar refractivity (Wildman–Crippen MR) is 65.8 cm³/mol. The van der Waals surface area contributed by atoms with Gasteiger partial charge in [0, 0.05) is 6.07 Å². The number of hydrogen-bond acceptors (Lipinski definition) is 3. The van der Waals surface area contributed by atoms with Gasteiger partial charge in [0.2, 0.25) is 5.91 Å². The lowest BCUT2D eigenvalue weighted by Gasteiger charge is -2.11. The molecule has 0 bridgehead atoms. The first-order valence-corrected chi connectivity index (χ1v) is 5.79. The van der Waals surface area contributed by atoms with Gasteiger partial charge in [0.25, 0.3) is 0 Å². The monoisotopic (exact) mass is 320 g/mol. The summed E-state index contributed by atoms with van der Waals surface area (Å²) in [5.74, 6) is -3.99. The van der Waals surface area contributed by atoms with Crippen LogP contribution in [-0.4, -0.2) is 15.7 Å². The van der Waals surface area contributed by atoms with Crippen LogP contribution < -0.4 is 11.5 Å². The van der Waals surface area contributed by atoms with Crippen LogP contribution >= 0.6 is 0 Å². The van der Waals surface area contributed by atoms with Gasteiger partial charge in [-0.15, -0.1) is 0 Å². The van der Waals surface area contributed by atoms with E-state index < -0.39 is 35.0 Å². The Bertz CT molecular complexity index is 715. The number of alkyl halides is 3. The van der Waals surface area contributed by atoms with E-state index in [4.69, 9.17) is 11.5 Å². The Morgan fingerprint density at radius 2 is 1.73 bits per heavy atom. The molecule has 22 heavy (non-hydrogen) atoms. The zero-order valence-corrected chi connectivity index (χ0v) is 10.8. The van der Waals surface area contributed by atoms with E-state index >= 15 is 0 Å². The Balaban J connectivity index is 2.54. The van der Waals surface area contributed by atoms with Crippen LogP contribution in [0.1, 0.15) is 11.3 Å². The summed E-state index contributed by atoms with van der Waals surface area (Å²) in [6.45, 7) is 0. The van der Waals surface area contributed by atoms with Crippen molar-refractivity contribution in [2.24, 2.45) is 5.73 Å². The van der Waals surface area contributed by atoms with Gasteiger partial charge in [-0.25, -0.2) is 13.5 Å². The molecule has 1 heterocycles. The third-order valence-corrected chi connectivity index (χ3v) is 2.70. The van der Waals surface area contributed by atoms with Crippen LogP contribution in [-0.2, 0) is 17.4 Å². The number of halogens is 5. The van der Waals surface area contributed by atoms with Crippen molar-refractivity contribution in [3.05, 3.63) is 41.1 Å². The highest BCUT2D eigenvalue weighted by atomic mass is 19.4. The molecule has 1 aromatic heterocycles. The predicted octanol–water partition coefficient (Wildman–Crippen LogP) is 1.78. The number of nitrogens with two attached hydrogens (primary N) is 2. The van der Waals surface area contributed by atoms with Gasteiger partial charge < -0.3 is 11.5 Å². The molecule has 0 fully saturated rings. The molecule has 2 aromatic rings. The summed E-state index contributed by atoms with van der Waals surface area (Å²) in [5.41, 5.74) is 8.13. The minimum atomic E-state index is -4.90. The van der Waals surface area contributed by atoms with Gasteiger partial charge >= 0.3 is 6.18 Å². The lowest BCUT2D eigenvalue weighted by atomic mass is 10.2. The van der Waals surface area contributed by atoms with E-state index in [0.29, 0.717) is 4.68 Å². The summed E-state index contributed by atoms with van der Waals surface area (Å²) in [4.78, 5) is 10.8. The normalized spacial score (nSPS) is 11.7. The number of primary amides is 1. The zero-order chi connectivity index (χ0) is 16.7. The number of amides is 1. The average Bonchev–Trinajstić information content (AvgIpc) is 2.67. The molecule has 0 radical (unpaired) electrons. The largest absolute Gasteiger partial charge is 0.416 e. The molecule has 4 N–H and O–H groups in total. The first-order chi connectivity index (χ1) is 10.1. The van der Waals surface area contributed by atoms with Crippen LogP contribution in [0, 0.1) is 11.6 Å². The maximum Gasteiger partial charge on any atom is 0.416 e. The molecule has 118 valence electrons. The number of nitrogen functional groups attached to an aromatic ring is 1. The summed E-state index contributed by atoms with van der Waals surface area (Å²) in [6.07, 6.45) is -5.23. The SMILES string of the molecule is NC(=O)Cc1cc(N)n(-c2c(F)cc(C(F)(F)F)cc2F)n1. The lowest BCUT2D eigenvalue weighted by Crippen LogP contribution is -2.15. The molecule has 1 amide bonds. The lowest BCUT2D eigenvalue weighted by molar-refractivity contribution is -0.138. The van der Waals surface area contributed by atoms with E-state index in [2.05, 4.69) is 5.10 Å². The molecule has 2 rings (SSSR count). The minimum absolute atomic E-state index is 0.0312. The van der Waals surface area contributed by atoms with Crippen molar-refractivity contribution >= 4 is 11.7 Å². The van der Waals surface area contributed by atoms with E-state index in [-0.39, 0.29) is 30.1 Å². The number of benzene rings is 1. The van der Waals surface area contributed by atoms with Crippen molar-refractivity contribution in [3.8, 4) is 5.69 Å². The third kappa shape index (κ3) is 3.00. The van der Waals surface area contributed by atoms with Crippen molar-refractivity contribution in [2.75, 3.05) is 5.73 Å². The van der Waals surface area contributed by atoms with Gasteiger partial charge in [0.15, 0.2) is 11.6 Å². The van der Waals surface area contributed by atoms with Crippen LogP contribution in [0.5, 0.6) is 0 Å². The van der Waals surface area contributed by atoms with Gasteiger partial charge in [-0.3, -0.25) is 4.79 Å². The van der Waals surface area contributed by atoms with Crippen LogP contribution in [0.25, 0.3) is 5.69 Å². The Labute approximate surface area is 120 Å². The van der Waals surface area contributed by atoms with Gasteiger partial charge in [-0.05, 0) is 12.1 Å². The number of hydrogen-bond donors (Lipinski definition) is 2. The maximum absolute atomic E-state index is 13.8. The summed E-state index contributed by atoms with van der Waals surface area (Å²) < 4.78 is 65.7. The smallest absolute Gasteiger partial charge is 0.384 e. The number of carbonyl (C=O) groups is 1. The van der Waals surface area contributed by atoms with Crippen molar-refractivity contribution in [1.29, 1.82) is 0 Å². The first-order valence-electron chi connectivity index (χ1n) is 5.79. The molecule has 1 aromatic carbocycles. The first kappa shape index (κ1) is 15.7. The fourth-order valence-electron chi connectivity index (χ4n) is 1.82. The van der Waals surface area contributed by atoms with Crippen LogP contribution in [0.4, 0.5) is 27.8 Å². The molecule has 10 heteroatoms. The molecule has 5 nitrogen and oxygen atoms in total. The Hall–Kier alpha value is -2.65. The standard InChI is InChI=1S/C12H9F5N4O/c13-7-1-5(12(15,16)17)2-8(14)11(7)21-9(18)3-6(20-21)4-10(19)22/h1-3H,4,18H2,(H2,19,22). The second kappa shape index (κ2) is 5.28. The zero-order valence-electron chi connectivity index (χ0n) is 10.8. The van der Waals surface area contributed by atoms with E-state index in [0.717, 1.165) is 6.07 Å². The molecule has 0 aliphatic rings. The summed E-state index contributed by atoms with van der Waals surface area (Å²) in [7, 11) is 0. The van der Waals surface area contributed by atoms with Gasteiger partial charge in [-0.1, -0.05) is 0 Å². The summed E-state index contributed by atoms with van der Waals surface area (Å²) in [6, 6.07) is 1.40. The topological polar surface area (TPSA) is 86.9 Å². The number of aromatic nitrogens is 2. The number of rotatable bonds is 3. The molecule has 0 saturated carbocycles. The third-order valence-electron chi connectivity index (χ3n) is 2.70. The van der Waals surface area contributed by atoms with Crippen LogP contribution in [0.3, 0.4) is 0 Å². The van der Waals surface area contributed by atoms with Crippen molar-refractivity contribution in [2.45, 2.75) is 12.6 Å². The van der Waals surface area contributed by atoms with Crippen molar-refractivity contribution in [3.63, 3.8) is 0 Å². The highest BCUT2D eigenvalue weighted by Gasteiger charge is 2.33. The van der Waals surface area contributed by atoms with Crippen LogP contribution in [0.2, 0.25) is 0 Å². The summed E-state index contributed by atoms with van der Waals surface area (Å²) in [5, 5.41) is 3.66. The van der Waals surface area contributed by atoms with Crippen LogP contribution in [0.15, 0.2) is 18.2 Å². The number of carbonyl (C=O) groups excluding carboxylic acids is 1. The Kier molecular flexibility index (Phi) is 3.77. The second-order valence-electron chi connectivity index (χ2n) is 4.40.